The van der Waals surface area contributed by atoms with Crippen molar-refractivity contribution < 1.29 is 4.79 Å². The summed E-state index contributed by atoms with van der Waals surface area (Å²) in [6, 6.07) is 3.36. The number of anilines is 2. The monoisotopic (exact) mass is 360 g/mol. The van der Waals surface area contributed by atoms with Crippen molar-refractivity contribution in [1.29, 1.82) is 0 Å². The van der Waals surface area contributed by atoms with Gasteiger partial charge in [0, 0.05) is 34.6 Å². The Hall–Kier alpha value is -2.39. The molecule has 0 aliphatic heterocycles. The number of nitrogens with two attached hydrogens (primary N) is 2. The molecule has 0 amide bonds. The van der Waals surface area contributed by atoms with Gasteiger partial charge in [-0.25, -0.2) is 15.0 Å². The number of ketones is 1. The molecule has 3 aromatic rings. The Bertz CT molecular complexity index is 868. The molecule has 4 N–H and O–H groups in total. The van der Waals surface area contributed by atoms with E-state index in [4.69, 9.17) is 11.5 Å². The minimum absolute atomic E-state index is 0.000465. The number of thiazole rings is 1. The van der Waals surface area contributed by atoms with Crippen molar-refractivity contribution in [1.82, 2.24) is 19.5 Å². The van der Waals surface area contributed by atoms with E-state index in [9.17, 15) is 4.79 Å². The maximum Gasteiger partial charge on any atom is 0.193 e. The standard InChI is InChI=1S/C15H16N6OS2/c1-8-5-10(9(2)21(8)15-18-3-4-23-15)11(22)7-24-14-19-12(16)6-13(17)20-14/h3-6H,7H2,1-2H3,(H4,16,17,19,20). The quantitative estimate of drug-likeness (QED) is 0.408. The third-order valence-corrected chi connectivity index (χ3v) is 5.02. The molecule has 0 spiro atoms. The van der Waals surface area contributed by atoms with Crippen molar-refractivity contribution in [2.24, 2.45) is 0 Å². The Morgan fingerprint density at radius 3 is 2.58 bits per heavy atom. The van der Waals surface area contributed by atoms with Crippen LogP contribution in [0.2, 0.25) is 0 Å². The third-order valence-electron chi connectivity index (χ3n) is 3.42. The summed E-state index contributed by atoms with van der Waals surface area (Å²) in [5.74, 6) is 0.796. The molecular weight excluding hydrogens is 344 g/mol. The summed E-state index contributed by atoms with van der Waals surface area (Å²) in [6.07, 6.45) is 1.75. The van der Waals surface area contributed by atoms with Crippen LogP contribution in [0, 0.1) is 13.8 Å². The Morgan fingerprint density at radius 1 is 1.25 bits per heavy atom. The van der Waals surface area contributed by atoms with Crippen molar-refractivity contribution >= 4 is 40.5 Å². The maximum atomic E-state index is 12.6. The highest BCUT2D eigenvalue weighted by molar-refractivity contribution is 7.99. The largest absolute Gasteiger partial charge is 0.383 e. The molecule has 3 heterocycles. The van der Waals surface area contributed by atoms with Crippen molar-refractivity contribution in [2.75, 3.05) is 17.2 Å². The van der Waals surface area contributed by atoms with Crippen molar-refractivity contribution in [2.45, 2.75) is 19.0 Å². The number of aryl methyl sites for hydroxylation is 1. The Morgan fingerprint density at radius 2 is 1.96 bits per heavy atom. The molecule has 0 radical (unpaired) electrons. The molecule has 0 fully saturated rings. The number of Topliss-reactive ketones (excluding diaryl/α,β-unsaturated/α-hetero) is 1. The second-order valence-electron chi connectivity index (χ2n) is 5.15. The lowest BCUT2D eigenvalue weighted by Crippen LogP contribution is -2.06. The fourth-order valence-electron chi connectivity index (χ4n) is 2.40. The van der Waals surface area contributed by atoms with Gasteiger partial charge in [-0.1, -0.05) is 11.8 Å². The van der Waals surface area contributed by atoms with E-state index in [1.165, 1.54) is 29.2 Å². The van der Waals surface area contributed by atoms with Gasteiger partial charge in [-0.3, -0.25) is 9.36 Å². The molecular formula is C15H16N6OS2. The third kappa shape index (κ3) is 3.26. The molecule has 124 valence electrons. The van der Waals surface area contributed by atoms with Gasteiger partial charge in [0.25, 0.3) is 0 Å². The van der Waals surface area contributed by atoms with Gasteiger partial charge < -0.3 is 11.5 Å². The van der Waals surface area contributed by atoms with E-state index in [0.29, 0.717) is 22.4 Å². The number of nitrogen functional groups attached to an aromatic ring is 2. The van der Waals surface area contributed by atoms with Crippen LogP contribution in [0.1, 0.15) is 21.7 Å². The predicted molar refractivity (Wildman–Crippen MR) is 96.8 cm³/mol. The minimum atomic E-state index is 0.000465. The topological polar surface area (TPSA) is 113 Å². The van der Waals surface area contributed by atoms with Crippen LogP contribution in [0.3, 0.4) is 0 Å². The van der Waals surface area contributed by atoms with Gasteiger partial charge in [0.15, 0.2) is 16.1 Å². The lowest BCUT2D eigenvalue weighted by Gasteiger charge is -2.05. The molecule has 9 heteroatoms. The van der Waals surface area contributed by atoms with Crippen LogP contribution in [-0.2, 0) is 0 Å². The molecule has 0 saturated carbocycles. The first kappa shape index (κ1) is 16.5. The van der Waals surface area contributed by atoms with Crippen LogP contribution in [0.25, 0.3) is 5.13 Å². The van der Waals surface area contributed by atoms with E-state index >= 15 is 0 Å². The minimum Gasteiger partial charge on any atom is -0.383 e. The first-order chi connectivity index (χ1) is 11.5. The number of thioether (sulfide) groups is 1. The SMILES string of the molecule is Cc1cc(C(=O)CSc2nc(N)cc(N)n2)c(C)n1-c1nccs1. The molecule has 0 aromatic carbocycles. The molecule has 0 atom stereocenters. The summed E-state index contributed by atoms with van der Waals surface area (Å²) >= 11 is 2.75. The van der Waals surface area contributed by atoms with E-state index < -0.39 is 0 Å². The zero-order valence-corrected chi connectivity index (χ0v) is 14.8. The van der Waals surface area contributed by atoms with Crippen LogP contribution >= 0.6 is 23.1 Å². The number of hydrogen-bond acceptors (Lipinski definition) is 8. The van der Waals surface area contributed by atoms with Gasteiger partial charge in [0.1, 0.15) is 11.6 Å². The average molecular weight is 360 g/mol. The van der Waals surface area contributed by atoms with Gasteiger partial charge in [-0.2, -0.15) is 0 Å². The molecule has 0 bridgehead atoms. The van der Waals surface area contributed by atoms with Crippen molar-refractivity contribution in [3.63, 3.8) is 0 Å². The highest BCUT2D eigenvalue weighted by Crippen LogP contribution is 2.24. The second kappa shape index (κ2) is 6.62. The average Bonchev–Trinajstić information content (AvgIpc) is 3.12. The summed E-state index contributed by atoms with van der Waals surface area (Å²) in [5.41, 5.74) is 13.8. The van der Waals surface area contributed by atoms with Gasteiger partial charge in [0.2, 0.25) is 0 Å². The normalized spacial score (nSPS) is 10.9. The summed E-state index contributed by atoms with van der Waals surface area (Å²) in [6.45, 7) is 3.88. The van der Waals surface area contributed by atoms with Crippen LogP contribution in [0.5, 0.6) is 0 Å². The number of carbonyl (C=O) groups excluding carboxylic acids is 1. The van der Waals surface area contributed by atoms with Gasteiger partial charge >= 0.3 is 0 Å². The van der Waals surface area contributed by atoms with E-state index in [0.717, 1.165) is 16.5 Å². The Labute approximate surface area is 147 Å². The molecule has 0 aliphatic carbocycles. The Balaban J connectivity index is 1.80. The highest BCUT2D eigenvalue weighted by atomic mass is 32.2. The zero-order valence-electron chi connectivity index (χ0n) is 13.2. The predicted octanol–water partition coefficient (Wildman–Crippen LogP) is 2.48. The second-order valence-corrected chi connectivity index (χ2v) is 6.96. The first-order valence-electron chi connectivity index (χ1n) is 7.10. The van der Waals surface area contributed by atoms with Gasteiger partial charge in [-0.05, 0) is 19.9 Å². The number of aromatic nitrogens is 4. The summed E-state index contributed by atoms with van der Waals surface area (Å²) in [5, 5.41) is 3.16. The molecule has 0 unspecified atom stereocenters. The summed E-state index contributed by atoms with van der Waals surface area (Å²) < 4.78 is 1.98. The molecule has 3 rings (SSSR count). The van der Waals surface area contributed by atoms with Crippen LogP contribution in [-0.4, -0.2) is 31.1 Å². The van der Waals surface area contributed by atoms with Crippen molar-refractivity contribution in [3.05, 3.63) is 40.7 Å². The van der Waals surface area contributed by atoms with Crippen LogP contribution < -0.4 is 11.5 Å². The lowest BCUT2D eigenvalue weighted by atomic mass is 10.2. The smallest absolute Gasteiger partial charge is 0.193 e. The number of nitrogens with zero attached hydrogens (tertiary/aromatic N) is 4. The molecule has 3 aromatic heterocycles. The van der Waals surface area contributed by atoms with E-state index in [1.807, 2.05) is 29.9 Å². The summed E-state index contributed by atoms with van der Waals surface area (Å²) in [4.78, 5) is 25.0. The fraction of sp³-hybridized carbons (Fsp3) is 0.200. The van der Waals surface area contributed by atoms with Crippen molar-refractivity contribution in [3.8, 4) is 5.13 Å². The molecule has 0 aliphatic rings. The maximum absolute atomic E-state index is 12.6. The van der Waals surface area contributed by atoms with E-state index in [-0.39, 0.29) is 11.5 Å². The number of carbonyl (C=O) groups is 1. The van der Waals surface area contributed by atoms with E-state index in [2.05, 4.69) is 15.0 Å². The highest BCUT2D eigenvalue weighted by Gasteiger charge is 2.18. The molecule has 7 nitrogen and oxygen atoms in total. The molecule has 0 saturated heterocycles. The fourth-order valence-corrected chi connectivity index (χ4v) is 3.91. The number of rotatable bonds is 5. The van der Waals surface area contributed by atoms with Crippen LogP contribution in [0.4, 0.5) is 11.6 Å². The van der Waals surface area contributed by atoms with E-state index in [1.54, 1.807) is 6.20 Å². The first-order valence-corrected chi connectivity index (χ1v) is 8.97. The summed E-state index contributed by atoms with van der Waals surface area (Å²) in [7, 11) is 0. The van der Waals surface area contributed by atoms with Gasteiger partial charge in [-0.15, -0.1) is 11.3 Å². The zero-order chi connectivity index (χ0) is 17.3. The Kier molecular flexibility index (Phi) is 4.54. The van der Waals surface area contributed by atoms with Gasteiger partial charge in [0.05, 0.1) is 5.75 Å². The van der Waals surface area contributed by atoms with Crippen LogP contribution in [0.15, 0.2) is 28.9 Å². The molecule has 24 heavy (non-hydrogen) atoms. The number of hydrogen-bond donors (Lipinski definition) is 2. The lowest BCUT2D eigenvalue weighted by molar-refractivity contribution is 0.102.